The summed E-state index contributed by atoms with van der Waals surface area (Å²) in [5, 5.41) is 1.15. The first-order chi connectivity index (χ1) is 10.2. The van der Waals surface area contributed by atoms with Crippen molar-refractivity contribution in [1.29, 1.82) is 0 Å². The van der Waals surface area contributed by atoms with Crippen molar-refractivity contribution in [1.82, 2.24) is 9.80 Å². The first-order valence-corrected chi connectivity index (χ1v) is 7.73. The van der Waals surface area contributed by atoms with Crippen LogP contribution in [0.15, 0.2) is 34.7 Å². The largest absolute Gasteiger partial charge is 0.459 e. The van der Waals surface area contributed by atoms with Crippen molar-refractivity contribution in [2.45, 2.75) is 19.4 Å². The number of nitrogens with two attached hydrogens (primary N) is 1. The highest BCUT2D eigenvalue weighted by Gasteiger charge is 2.22. The number of likely N-dealkylation sites (N-methyl/N-ethyl adjacent to an activating group) is 1. The van der Waals surface area contributed by atoms with E-state index in [0.29, 0.717) is 6.54 Å². The molecule has 0 amide bonds. The van der Waals surface area contributed by atoms with Crippen molar-refractivity contribution < 1.29 is 4.42 Å². The maximum absolute atomic E-state index is 6.05. The van der Waals surface area contributed by atoms with E-state index in [4.69, 9.17) is 10.2 Å². The van der Waals surface area contributed by atoms with Gasteiger partial charge >= 0.3 is 0 Å². The van der Waals surface area contributed by atoms with E-state index in [1.54, 1.807) is 0 Å². The van der Waals surface area contributed by atoms with Gasteiger partial charge in [0.25, 0.3) is 0 Å². The van der Waals surface area contributed by atoms with E-state index in [2.05, 4.69) is 43.0 Å². The van der Waals surface area contributed by atoms with Crippen molar-refractivity contribution in [3.05, 3.63) is 36.1 Å². The Morgan fingerprint density at radius 3 is 2.52 bits per heavy atom. The van der Waals surface area contributed by atoms with Gasteiger partial charge in [-0.05, 0) is 39.2 Å². The zero-order valence-corrected chi connectivity index (χ0v) is 13.4. The molecule has 0 aliphatic heterocycles. The Morgan fingerprint density at radius 2 is 1.90 bits per heavy atom. The molecule has 1 heterocycles. The molecule has 2 aromatic rings. The lowest BCUT2D eigenvalue weighted by molar-refractivity contribution is 0.166. The minimum Gasteiger partial charge on any atom is -0.459 e. The van der Waals surface area contributed by atoms with Gasteiger partial charge in [-0.25, -0.2) is 0 Å². The molecule has 1 unspecified atom stereocenters. The van der Waals surface area contributed by atoms with Crippen molar-refractivity contribution >= 4 is 11.0 Å². The SMILES string of the molecule is CCCN(CCN(C)C)C(CN)c1cc2ccccc2o1. The summed E-state index contributed by atoms with van der Waals surface area (Å²) in [5.41, 5.74) is 6.99. The van der Waals surface area contributed by atoms with Crippen molar-refractivity contribution in [3.8, 4) is 0 Å². The average molecular weight is 289 g/mol. The number of para-hydroxylation sites is 1. The standard InChI is InChI=1S/C17H27N3O/c1-4-9-20(11-10-19(2)3)15(13-18)17-12-14-7-5-6-8-16(14)21-17/h5-8,12,15H,4,9-11,13,18H2,1-3H3. The highest BCUT2D eigenvalue weighted by Crippen LogP contribution is 2.27. The van der Waals surface area contributed by atoms with Gasteiger partial charge in [0, 0.05) is 25.0 Å². The fourth-order valence-electron chi connectivity index (χ4n) is 2.65. The predicted molar refractivity (Wildman–Crippen MR) is 88.4 cm³/mol. The molecule has 116 valence electrons. The van der Waals surface area contributed by atoms with Gasteiger partial charge in [-0.15, -0.1) is 0 Å². The zero-order chi connectivity index (χ0) is 15.2. The Morgan fingerprint density at radius 1 is 1.14 bits per heavy atom. The van der Waals surface area contributed by atoms with Crippen LogP contribution in [0.25, 0.3) is 11.0 Å². The number of hydrogen-bond acceptors (Lipinski definition) is 4. The van der Waals surface area contributed by atoms with E-state index in [0.717, 1.165) is 42.8 Å². The molecular weight excluding hydrogens is 262 g/mol. The third kappa shape index (κ3) is 4.06. The average Bonchev–Trinajstić information content (AvgIpc) is 2.88. The van der Waals surface area contributed by atoms with Crippen molar-refractivity contribution in [3.63, 3.8) is 0 Å². The molecular formula is C17H27N3O. The van der Waals surface area contributed by atoms with Gasteiger partial charge in [0.2, 0.25) is 0 Å². The van der Waals surface area contributed by atoms with E-state index >= 15 is 0 Å². The van der Waals surface area contributed by atoms with Gasteiger partial charge in [-0.3, -0.25) is 4.90 Å². The second-order valence-corrected chi connectivity index (χ2v) is 5.78. The molecule has 0 aliphatic carbocycles. The minimum atomic E-state index is 0.150. The Hall–Kier alpha value is -1.36. The fraction of sp³-hybridized carbons (Fsp3) is 0.529. The summed E-state index contributed by atoms with van der Waals surface area (Å²) in [6.45, 7) is 5.84. The Kier molecular flexibility index (Phi) is 5.79. The highest BCUT2D eigenvalue weighted by molar-refractivity contribution is 5.77. The molecule has 1 aromatic heterocycles. The topological polar surface area (TPSA) is 45.6 Å². The lowest BCUT2D eigenvalue weighted by Gasteiger charge is -2.30. The first-order valence-electron chi connectivity index (χ1n) is 7.73. The van der Waals surface area contributed by atoms with Gasteiger partial charge in [0.05, 0.1) is 6.04 Å². The van der Waals surface area contributed by atoms with Crippen LogP contribution >= 0.6 is 0 Å². The Bertz CT molecular complexity index is 517. The number of benzene rings is 1. The van der Waals surface area contributed by atoms with Gasteiger partial charge in [0.1, 0.15) is 11.3 Å². The molecule has 4 heteroatoms. The van der Waals surface area contributed by atoms with Gasteiger partial charge < -0.3 is 15.1 Å². The Balaban J connectivity index is 2.21. The molecule has 4 nitrogen and oxygen atoms in total. The Labute approximate surface area is 127 Å². The van der Waals surface area contributed by atoms with Crippen LogP contribution in [-0.4, -0.2) is 50.1 Å². The van der Waals surface area contributed by atoms with E-state index in [9.17, 15) is 0 Å². The molecule has 2 rings (SSSR count). The summed E-state index contributed by atoms with van der Waals surface area (Å²) in [5.74, 6) is 0.978. The molecule has 0 fully saturated rings. The van der Waals surface area contributed by atoms with E-state index in [1.807, 2.05) is 18.2 Å². The molecule has 0 saturated carbocycles. The van der Waals surface area contributed by atoms with Crippen molar-refractivity contribution in [2.24, 2.45) is 5.73 Å². The molecule has 0 saturated heterocycles. The lowest BCUT2D eigenvalue weighted by atomic mass is 10.1. The van der Waals surface area contributed by atoms with E-state index in [1.165, 1.54) is 0 Å². The van der Waals surface area contributed by atoms with E-state index < -0.39 is 0 Å². The summed E-state index contributed by atoms with van der Waals surface area (Å²) < 4.78 is 6.02. The minimum absolute atomic E-state index is 0.150. The first kappa shape index (κ1) is 16.0. The molecule has 1 atom stereocenters. The molecule has 21 heavy (non-hydrogen) atoms. The van der Waals surface area contributed by atoms with Crippen LogP contribution in [0, 0.1) is 0 Å². The molecule has 0 bridgehead atoms. The third-order valence-corrected chi connectivity index (χ3v) is 3.78. The number of rotatable bonds is 8. The molecule has 2 N–H and O–H groups in total. The van der Waals surface area contributed by atoms with Crippen LogP contribution in [0.2, 0.25) is 0 Å². The zero-order valence-electron chi connectivity index (χ0n) is 13.4. The molecule has 1 aromatic carbocycles. The maximum Gasteiger partial charge on any atom is 0.134 e. The van der Waals surface area contributed by atoms with E-state index in [-0.39, 0.29) is 6.04 Å². The highest BCUT2D eigenvalue weighted by atomic mass is 16.3. The summed E-state index contributed by atoms with van der Waals surface area (Å²) in [6.07, 6.45) is 1.12. The van der Waals surface area contributed by atoms with Crippen LogP contribution in [0.5, 0.6) is 0 Å². The normalized spacial score (nSPS) is 13.4. The smallest absolute Gasteiger partial charge is 0.134 e. The summed E-state index contributed by atoms with van der Waals surface area (Å²) in [6, 6.07) is 10.4. The van der Waals surface area contributed by atoms with Crippen LogP contribution in [0.1, 0.15) is 25.1 Å². The molecule has 0 radical (unpaired) electrons. The predicted octanol–water partition coefficient (Wildman–Crippen LogP) is 2.71. The van der Waals surface area contributed by atoms with Crippen LogP contribution in [0.3, 0.4) is 0 Å². The molecule has 0 spiro atoms. The van der Waals surface area contributed by atoms with Crippen LogP contribution < -0.4 is 5.73 Å². The van der Waals surface area contributed by atoms with Crippen LogP contribution in [0.4, 0.5) is 0 Å². The quantitative estimate of drug-likeness (QED) is 0.811. The molecule has 0 aliphatic rings. The van der Waals surface area contributed by atoms with Crippen molar-refractivity contribution in [2.75, 3.05) is 40.3 Å². The lowest BCUT2D eigenvalue weighted by Crippen LogP contribution is -2.38. The maximum atomic E-state index is 6.05. The van der Waals surface area contributed by atoms with Gasteiger partial charge in [-0.1, -0.05) is 25.1 Å². The van der Waals surface area contributed by atoms with Crippen LogP contribution in [-0.2, 0) is 0 Å². The van der Waals surface area contributed by atoms with Gasteiger partial charge in [0.15, 0.2) is 0 Å². The number of hydrogen-bond donors (Lipinski definition) is 1. The number of furan rings is 1. The summed E-state index contributed by atoms with van der Waals surface area (Å²) in [4.78, 5) is 4.63. The summed E-state index contributed by atoms with van der Waals surface area (Å²) >= 11 is 0. The summed E-state index contributed by atoms with van der Waals surface area (Å²) in [7, 11) is 4.20. The fourth-order valence-corrected chi connectivity index (χ4v) is 2.65. The monoisotopic (exact) mass is 289 g/mol. The number of fused-ring (bicyclic) bond motifs is 1. The number of nitrogens with zero attached hydrogens (tertiary/aromatic N) is 2. The van der Waals surface area contributed by atoms with Gasteiger partial charge in [-0.2, -0.15) is 0 Å². The third-order valence-electron chi connectivity index (χ3n) is 3.78. The second-order valence-electron chi connectivity index (χ2n) is 5.78. The second kappa shape index (κ2) is 7.59.